The molecule has 3 amide bonds. The zero-order valence-electron chi connectivity index (χ0n) is 24.4. The SMILES string of the molecule is C=CCN(Cc1ccccc1)C(=O)[C@H]1[C@@H]2SC3(CC2Br)C(C(=O)N(CC=C)C2CCCCC2)N(CCCCO)C(=O)[C@H]13. The van der Waals surface area contributed by atoms with Gasteiger partial charge in [-0.15, -0.1) is 24.9 Å². The number of thioether (sulfide) groups is 1. The third-order valence-electron chi connectivity index (χ3n) is 9.62. The molecule has 1 aliphatic carbocycles. The molecule has 7 nitrogen and oxygen atoms in total. The van der Waals surface area contributed by atoms with Crippen LogP contribution in [0.5, 0.6) is 0 Å². The highest BCUT2D eigenvalue weighted by Gasteiger charge is 2.76. The van der Waals surface area contributed by atoms with Gasteiger partial charge >= 0.3 is 0 Å². The summed E-state index contributed by atoms with van der Waals surface area (Å²) in [4.78, 5) is 49.2. The van der Waals surface area contributed by atoms with Gasteiger partial charge in [0.2, 0.25) is 17.7 Å². The monoisotopic (exact) mass is 657 g/mol. The Morgan fingerprint density at radius 1 is 1.07 bits per heavy atom. The van der Waals surface area contributed by atoms with E-state index in [4.69, 9.17) is 0 Å². The minimum Gasteiger partial charge on any atom is -0.396 e. The molecule has 3 aliphatic heterocycles. The number of rotatable bonds is 13. The number of alkyl halides is 1. The average Bonchev–Trinajstić information content (AvgIpc) is 3.59. The molecule has 4 aliphatic rings. The van der Waals surface area contributed by atoms with Gasteiger partial charge in [0.25, 0.3) is 0 Å². The number of hydrogen-bond acceptors (Lipinski definition) is 5. The van der Waals surface area contributed by atoms with Crippen molar-refractivity contribution in [2.45, 2.75) is 84.8 Å². The lowest BCUT2D eigenvalue weighted by atomic mass is 9.70. The van der Waals surface area contributed by atoms with Gasteiger partial charge in [-0.25, -0.2) is 0 Å². The molecular formula is C33H44BrN3O4S. The van der Waals surface area contributed by atoms with Crippen LogP contribution in [0.3, 0.4) is 0 Å². The average molecular weight is 659 g/mol. The summed E-state index contributed by atoms with van der Waals surface area (Å²) in [6.07, 6.45) is 10.7. The Morgan fingerprint density at radius 2 is 1.79 bits per heavy atom. The van der Waals surface area contributed by atoms with Crippen molar-refractivity contribution in [3.8, 4) is 0 Å². The van der Waals surface area contributed by atoms with E-state index >= 15 is 0 Å². The van der Waals surface area contributed by atoms with Gasteiger partial charge in [-0.1, -0.05) is 77.7 Å². The number of likely N-dealkylation sites (tertiary alicyclic amines) is 1. The number of unbranched alkanes of at least 4 members (excludes halogenated alkanes) is 1. The highest BCUT2D eigenvalue weighted by molar-refractivity contribution is 9.09. The fourth-order valence-electron chi connectivity index (χ4n) is 7.84. The van der Waals surface area contributed by atoms with E-state index < -0.39 is 22.6 Å². The van der Waals surface area contributed by atoms with Gasteiger partial charge in [0.1, 0.15) is 6.04 Å². The highest BCUT2D eigenvalue weighted by Crippen LogP contribution is 2.68. The molecule has 4 fully saturated rings. The van der Waals surface area contributed by atoms with E-state index in [1.807, 2.05) is 40.1 Å². The molecule has 3 unspecified atom stereocenters. The number of carbonyl (C=O) groups excluding carboxylic acids is 3. The molecule has 42 heavy (non-hydrogen) atoms. The summed E-state index contributed by atoms with van der Waals surface area (Å²) >= 11 is 5.60. The van der Waals surface area contributed by atoms with Crippen molar-refractivity contribution in [2.75, 3.05) is 26.2 Å². The summed E-state index contributed by atoms with van der Waals surface area (Å²) in [7, 11) is 0. The lowest BCUT2D eigenvalue weighted by Crippen LogP contribution is -2.57. The smallest absolute Gasteiger partial charge is 0.247 e. The second-order valence-electron chi connectivity index (χ2n) is 12.2. The summed E-state index contributed by atoms with van der Waals surface area (Å²) in [6.45, 7) is 9.59. The number of carbonyl (C=O) groups is 3. The van der Waals surface area contributed by atoms with E-state index in [0.717, 1.165) is 31.2 Å². The normalized spacial score (nSPS) is 30.3. The summed E-state index contributed by atoms with van der Waals surface area (Å²) in [6, 6.07) is 9.40. The van der Waals surface area contributed by atoms with E-state index in [0.29, 0.717) is 45.4 Å². The van der Waals surface area contributed by atoms with Gasteiger partial charge in [0, 0.05) is 48.9 Å². The summed E-state index contributed by atoms with van der Waals surface area (Å²) in [5, 5.41) is 9.41. The highest BCUT2D eigenvalue weighted by atomic mass is 79.9. The lowest BCUT2D eigenvalue weighted by Gasteiger charge is -2.41. The van der Waals surface area contributed by atoms with Crippen molar-refractivity contribution in [2.24, 2.45) is 11.8 Å². The van der Waals surface area contributed by atoms with Crippen molar-refractivity contribution in [3.05, 3.63) is 61.2 Å². The third kappa shape index (κ3) is 5.73. The molecule has 1 N–H and O–H groups in total. The molecule has 6 atom stereocenters. The van der Waals surface area contributed by atoms with Crippen molar-refractivity contribution < 1.29 is 19.5 Å². The van der Waals surface area contributed by atoms with Gasteiger partial charge in [-0.2, -0.15) is 0 Å². The van der Waals surface area contributed by atoms with Crippen LogP contribution in [0.1, 0.15) is 56.9 Å². The Bertz CT molecular complexity index is 1160. The molecular weight excluding hydrogens is 614 g/mol. The number of halogens is 1. The number of amides is 3. The summed E-state index contributed by atoms with van der Waals surface area (Å²) < 4.78 is -0.673. The maximum absolute atomic E-state index is 14.7. The molecule has 3 saturated heterocycles. The first-order valence-corrected chi connectivity index (χ1v) is 17.3. The van der Waals surface area contributed by atoms with Crippen LogP contribution in [0.2, 0.25) is 0 Å². The van der Waals surface area contributed by atoms with E-state index in [2.05, 4.69) is 29.1 Å². The predicted molar refractivity (Wildman–Crippen MR) is 171 cm³/mol. The van der Waals surface area contributed by atoms with Crippen LogP contribution < -0.4 is 0 Å². The van der Waals surface area contributed by atoms with Crippen LogP contribution in [0.15, 0.2) is 55.6 Å². The Hall–Kier alpha value is -2.10. The largest absolute Gasteiger partial charge is 0.396 e. The molecule has 1 spiro atoms. The lowest BCUT2D eigenvalue weighted by molar-refractivity contribution is -0.145. The quantitative estimate of drug-likeness (QED) is 0.188. The fourth-order valence-corrected chi connectivity index (χ4v) is 11.4. The first-order chi connectivity index (χ1) is 20.4. The maximum Gasteiger partial charge on any atom is 0.247 e. The molecule has 3 heterocycles. The zero-order valence-corrected chi connectivity index (χ0v) is 26.8. The van der Waals surface area contributed by atoms with E-state index in [9.17, 15) is 19.5 Å². The number of hydrogen-bond donors (Lipinski definition) is 1. The maximum atomic E-state index is 14.7. The molecule has 0 radical (unpaired) electrons. The second kappa shape index (κ2) is 13.7. The van der Waals surface area contributed by atoms with Crippen molar-refractivity contribution in [1.82, 2.24) is 14.7 Å². The van der Waals surface area contributed by atoms with Crippen molar-refractivity contribution >= 4 is 45.4 Å². The molecule has 1 saturated carbocycles. The Morgan fingerprint density at radius 3 is 2.45 bits per heavy atom. The van der Waals surface area contributed by atoms with Crippen LogP contribution in [-0.4, -0.2) is 90.7 Å². The number of fused-ring (bicyclic) bond motifs is 1. The number of aliphatic hydroxyl groups excluding tert-OH is 1. The zero-order chi connectivity index (χ0) is 29.9. The molecule has 228 valence electrons. The molecule has 9 heteroatoms. The number of benzene rings is 1. The van der Waals surface area contributed by atoms with E-state index in [-0.39, 0.29) is 40.4 Å². The molecule has 2 bridgehead atoms. The minimum atomic E-state index is -0.673. The van der Waals surface area contributed by atoms with Crippen LogP contribution in [-0.2, 0) is 20.9 Å². The minimum absolute atomic E-state index is 0.00479. The molecule has 1 aromatic rings. The van der Waals surface area contributed by atoms with Crippen LogP contribution >= 0.6 is 27.7 Å². The molecule has 1 aromatic carbocycles. The molecule has 5 rings (SSSR count). The topological polar surface area (TPSA) is 81.2 Å². The van der Waals surface area contributed by atoms with Gasteiger partial charge in [-0.05, 0) is 37.7 Å². The van der Waals surface area contributed by atoms with Crippen LogP contribution in [0.4, 0.5) is 0 Å². The van der Waals surface area contributed by atoms with Crippen molar-refractivity contribution in [3.63, 3.8) is 0 Å². The predicted octanol–water partition coefficient (Wildman–Crippen LogP) is 4.79. The summed E-state index contributed by atoms with van der Waals surface area (Å²) in [5.41, 5.74) is 1.03. The van der Waals surface area contributed by atoms with E-state index in [1.54, 1.807) is 28.8 Å². The van der Waals surface area contributed by atoms with Gasteiger partial charge < -0.3 is 19.8 Å². The van der Waals surface area contributed by atoms with Crippen LogP contribution in [0, 0.1) is 11.8 Å². The Kier molecular flexibility index (Phi) is 10.2. The van der Waals surface area contributed by atoms with Gasteiger partial charge in [-0.3, -0.25) is 14.4 Å². The number of nitrogens with zero attached hydrogens (tertiary/aromatic N) is 3. The van der Waals surface area contributed by atoms with Gasteiger partial charge in [0.05, 0.1) is 16.6 Å². The summed E-state index contributed by atoms with van der Waals surface area (Å²) in [5.74, 6) is -1.21. The Balaban J connectivity index is 1.51. The fraction of sp³-hybridized carbons (Fsp3) is 0.606. The second-order valence-corrected chi connectivity index (χ2v) is 14.9. The van der Waals surface area contributed by atoms with Crippen LogP contribution in [0.25, 0.3) is 0 Å². The first-order valence-electron chi connectivity index (χ1n) is 15.5. The Labute approximate surface area is 262 Å². The van der Waals surface area contributed by atoms with E-state index in [1.165, 1.54) is 6.42 Å². The standard InChI is InChI=1S/C33H44BrN3O4S/c1-3-17-35(22-23-13-7-5-8-14-23)30(39)26-27-31(40)37(19-11-12-20-38)29(33(27)21-25(34)28(26)42-33)32(41)36(18-4-2)24-15-9-6-10-16-24/h3-5,7-8,13-14,24-29,38H,1-2,6,9-12,15-22H2/t25?,26-,27+,28-,29?,33?/m1/s1. The van der Waals surface area contributed by atoms with Crippen molar-refractivity contribution in [1.29, 1.82) is 0 Å². The van der Waals surface area contributed by atoms with Gasteiger partial charge in [0.15, 0.2) is 0 Å². The molecule has 0 aromatic heterocycles. The third-order valence-corrected chi connectivity index (χ3v) is 12.8. The number of aliphatic hydroxyl groups is 1. The first kappa shape index (κ1) is 31.3.